The predicted molar refractivity (Wildman–Crippen MR) is 84.3 cm³/mol. The van der Waals surface area contributed by atoms with Crippen molar-refractivity contribution in [3.63, 3.8) is 0 Å². The molecule has 0 saturated carbocycles. The lowest BCUT2D eigenvalue weighted by atomic mass is 9.86. The highest BCUT2D eigenvalue weighted by molar-refractivity contribution is 6.31. The maximum atomic E-state index is 6.02. The first-order valence-electron chi connectivity index (χ1n) is 6.29. The molecule has 0 aliphatic carbocycles. The minimum Gasteiger partial charge on any atom is -0.397 e. The number of benzene rings is 2. The first kappa shape index (κ1) is 13.8. The zero-order valence-corrected chi connectivity index (χ0v) is 12.3. The Labute approximate surface area is 119 Å². The standard InChI is InChI=1S/C16H19ClN2/c1-16(2,3)12-6-4-5-7-14(12)19-15-10-11(17)8-9-13(15)18/h4-10,19H,18H2,1-3H3. The molecule has 0 heterocycles. The van der Waals surface area contributed by atoms with Gasteiger partial charge in [-0.25, -0.2) is 0 Å². The summed E-state index contributed by atoms with van der Waals surface area (Å²) in [6.07, 6.45) is 0. The maximum Gasteiger partial charge on any atom is 0.0632 e. The average Bonchev–Trinajstić information content (AvgIpc) is 2.33. The lowest BCUT2D eigenvalue weighted by Gasteiger charge is -2.23. The molecule has 2 aromatic rings. The fraction of sp³-hybridized carbons (Fsp3) is 0.250. The number of halogens is 1. The van der Waals surface area contributed by atoms with Gasteiger partial charge in [0.05, 0.1) is 11.4 Å². The molecule has 2 aromatic carbocycles. The van der Waals surface area contributed by atoms with Crippen LogP contribution in [-0.2, 0) is 5.41 Å². The van der Waals surface area contributed by atoms with E-state index in [1.165, 1.54) is 5.56 Å². The van der Waals surface area contributed by atoms with Gasteiger partial charge in [0, 0.05) is 10.7 Å². The summed E-state index contributed by atoms with van der Waals surface area (Å²) in [5, 5.41) is 4.05. The van der Waals surface area contributed by atoms with E-state index >= 15 is 0 Å². The quantitative estimate of drug-likeness (QED) is 0.759. The summed E-state index contributed by atoms with van der Waals surface area (Å²) in [6.45, 7) is 6.57. The number of rotatable bonds is 2. The summed E-state index contributed by atoms with van der Waals surface area (Å²) < 4.78 is 0. The van der Waals surface area contributed by atoms with Gasteiger partial charge in [-0.2, -0.15) is 0 Å². The molecule has 0 aliphatic heterocycles. The second-order valence-electron chi connectivity index (χ2n) is 5.65. The van der Waals surface area contributed by atoms with Crippen LogP contribution in [0.15, 0.2) is 42.5 Å². The Morgan fingerprint density at radius 2 is 1.68 bits per heavy atom. The van der Waals surface area contributed by atoms with Gasteiger partial charge in [-0.05, 0) is 35.2 Å². The monoisotopic (exact) mass is 274 g/mol. The first-order valence-corrected chi connectivity index (χ1v) is 6.67. The maximum absolute atomic E-state index is 6.02. The van der Waals surface area contributed by atoms with E-state index in [0.717, 1.165) is 11.4 Å². The Morgan fingerprint density at radius 3 is 2.37 bits per heavy atom. The third-order valence-electron chi connectivity index (χ3n) is 3.02. The van der Waals surface area contributed by atoms with Gasteiger partial charge in [0.1, 0.15) is 0 Å². The fourth-order valence-corrected chi connectivity index (χ4v) is 2.20. The molecule has 0 aliphatic rings. The molecule has 2 nitrogen and oxygen atoms in total. The van der Waals surface area contributed by atoms with Gasteiger partial charge < -0.3 is 11.1 Å². The van der Waals surface area contributed by atoms with Crippen LogP contribution in [-0.4, -0.2) is 0 Å². The van der Waals surface area contributed by atoms with E-state index in [-0.39, 0.29) is 5.41 Å². The highest BCUT2D eigenvalue weighted by Gasteiger charge is 2.17. The van der Waals surface area contributed by atoms with Crippen LogP contribution in [0.4, 0.5) is 17.1 Å². The molecule has 3 heteroatoms. The summed E-state index contributed by atoms with van der Waals surface area (Å²) in [4.78, 5) is 0. The van der Waals surface area contributed by atoms with Crippen molar-refractivity contribution >= 4 is 28.7 Å². The van der Waals surface area contributed by atoms with Crippen LogP contribution in [0.2, 0.25) is 5.02 Å². The lowest BCUT2D eigenvalue weighted by molar-refractivity contribution is 0.592. The molecular formula is C16H19ClN2. The van der Waals surface area contributed by atoms with Crippen LogP contribution in [0.1, 0.15) is 26.3 Å². The Kier molecular flexibility index (Phi) is 3.72. The van der Waals surface area contributed by atoms with Crippen molar-refractivity contribution in [2.45, 2.75) is 26.2 Å². The first-order chi connectivity index (χ1) is 8.88. The van der Waals surface area contributed by atoms with Crippen molar-refractivity contribution < 1.29 is 0 Å². The largest absolute Gasteiger partial charge is 0.397 e. The van der Waals surface area contributed by atoms with E-state index in [1.54, 1.807) is 6.07 Å². The van der Waals surface area contributed by atoms with Gasteiger partial charge in [0.15, 0.2) is 0 Å². The van der Waals surface area contributed by atoms with Gasteiger partial charge in [-0.3, -0.25) is 0 Å². The van der Waals surface area contributed by atoms with Crippen LogP contribution >= 0.6 is 11.6 Å². The molecule has 0 bridgehead atoms. The number of para-hydroxylation sites is 1. The molecule has 0 amide bonds. The number of nitrogen functional groups attached to an aromatic ring is 1. The van der Waals surface area contributed by atoms with Crippen molar-refractivity contribution in [3.8, 4) is 0 Å². The van der Waals surface area contributed by atoms with E-state index in [4.69, 9.17) is 17.3 Å². The Bertz CT molecular complexity index is 586. The van der Waals surface area contributed by atoms with Gasteiger partial charge in [0.2, 0.25) is 0 Å². The molecule has 100 valence electrons. The summed E-state index contributed by atoms with van der Waals surface area (Å²) in [7, 11) is 0. The lowest BCUT2D eigenvalue weighted by Crippen LogP contribution is -2.13. The number of hydrogen-bond acceptors (Lipinski definition) is 2. The third-order valence-corrected chi connectivity index (χ3v) is 3.25. The van der Waals surface area contributed by atoms with E-state index in [9.17, 15) is 0 Å². The third kappa shape index (κ3) is 3.21. The number of nitrogens with one attached hydrogen (secondary N) is 1. The van der Waals surface area contributed by atoms with Crippen LogP contribution < -0.4 is 11.1 Å². The summed E-state index contributed by atoms with van der Waals surface area (Å²) >= 11 is 6.02. The average molecular weight is 275 g/mol. The summed E-state index contributed by atoms with van der Waals surface area (Å²) in [6, 6.07) is 13.7. The normalized spacial score (nSPS) is 11.4. The zero-order chi connectivity index (χ0) is 14.0. The van der Waals surface area contributed by atoms with Gasteiger partial charge in [0.25, 0.3) is 0 Å². The van der Waals surface area contributed by atoms with Gasteiger partial charge in [-0.1, -0.05) is 50.6 Å². The molecule has 2 rings (SSSR count). The molecular weight excluding hydrogens is 256 g/mol. The molecule has 0 spiro atoms. The number of anilines is 3. The highest BCUT2D eigenvalue weighted by Crippen LogP contribution is 2.33. The van der Waals surface area contributed by atoms with Crippen LogP contribution in [0.25, 0.3) is 0 Å². The highest BCUT2D eigenvalue weighted by atomic mass is 35.5. The zero-order valence-electron chi connectivity index (χ0n) is 11.5. The van der Waals surface area contributed by atoms with Gasteiger partial charge >= 0.3 is 0 Å². The Morgan fingerprint density at radius 1 is 1.00 bits per heavy atom. The molecule has 0 atom stereocenters. The van der Waals surface area contributed by atoms with Crippen LogP contribution in [0.5, 0.6) is 0 Å². The molecule has 0 radical (unpaired) electrons. The molecule has 0 unspecified atom stereocenters. The summed E-state index contributed by atoms with van der Waals surface area (Å²) in [5.74, 6) is 0. The minimum absolute atomic E-state index is 0.0664. The number of nitrogens with two attached hydrogens (primary N) is 1. The second-order valence-corrected chi connectivity index (χ2v) is 6.09. The molecule has 3 N–H and O–H groups in total. The van der Waals surface area contributed by atoms with Crippen LogP contribution in [0, 0.1) is 0 Å². The summed E-state index contributed by atoms with van der Waals surface area (Å²) in [5.41, 5.74) is 9.87. The van der Waals surface area contributed by atoms with Crippen molar-refractivity contribution in [2.24, 2.45) is 0 Å². The van der Waals surface area contributed by atoms with E-state index in [1.807, 2.05) is 24.3 Å². The SMILES string of the molecule is CC(C)(C)c1ccccc1Nc1cc(Cl)ccc1N. The smallest absolute Gasteiger partial charge is 0.0632 e. The van der Waals surface area contributed by atoms with Crippen LogP contribution in [0.3, 0.4) is 0 Å². The van der Waals surface area contributed by atoms with E-state index < -0.39 is 0 Å². The fourth-order valence-electron chi connectivity index (χ4n) is 2.03. The van der Waals surface area contributed by atoms with E-state index in [2.05, 4.69) is 38.2 Å². The van der Waals surface area contributed by atoms with Crippen molar-refractivity contribution in [1.29, 1.82) is 0 Å². The minimum atomic E-state index is 0.0664. The van der Waals surface area contributed by atoms with Crippen molar-refractivity contribution in [3.05, 3.63) is 53.1 Å². The topological polar surface area (TPSA) is 38.0 Å². The second kappa shape index (κ2) is 5.14. The van der Waals surface area contributed by atoms with E-state index in [0.29, 0.717) is 10.7 Å². The Balaban J connectivity index is 2.41. The predicted octanol–water partition coefficient (Wildman–Crippen LogP) is 4.96. The Hall–Kier alpha value is -1.67. The van der Waals surface area contributed by atoms with Gasteiger partial charge in [-0.15, -0.1) is 0 Å². The molecule has 0 aromatic heterocycles. The number of hydrogen-bond donors (Lipinski definition) is 2. The van der Waals surface area contributed by atoms with Crippen molar-refractivity contribution in [2.75, 3.05) is 11.1 Å². The molecule has 0 fully saturated rings. The molecule has 19 heavy (non-hydrogen) atoms. The molecule has 0 saturated heterocycles. The van der Waals surface area contributed by atoms with Crippen molar-refractivity contribution in [1.82, 2.24) is 0 Å².